The predicted molar refractivity (Wildman–Crippen MR) is 400 cm³/mol. The van der Waals surface area contributed by atoms with E-state index < -0.39 is 97.5 Å². The molecule has 582 valence electrons. The number of rotatable bonds is 76. The summed E-state index contributed by atoms with van der Waals surface area (Å²) in [5.41, 5.74) is 0. The maximum absolute atomic E-state index is 13.1. The van der Waals surface area contributed by atoms with Gasteiger partial charge in [0, 0.05) is 25.7 Å². The Kier molecular flexibility index (Phi) is 66.8. The van der Waals surface area contributed by atoms with Crippen molar-refractivity contribution in [3.8, 4) is 0 Å². The van der Waals surface area contributed by atoms with Crippen LogP contribution in [0.3, 0.4) is 0 Å². The van der Waals surface area contributed by atoms with Crippen molar-refractivity contribution in [1.82, 2.24) is 0 Å². The van der Waals surface area contributed by atoms with Gasteiger partial charge in [0.2, 0.25) is 0 Å². The minimum absolute atomic E-state index is 0.104. The van der Waals surface area contributed by atoms with E-state index in [1.165, 1.54) is 199 Å². The fraction of sp³-hybridized carbons (Fsp3) is 0.949. The first-order valence-electron chi connectivity index (χ1n) is 40.8. The fourth-order valence-electron chi connectivity index (χ4n) is 12.0. The van der Waals surface area contributed by atoms with E-state index in [9.17, 15) is 43.2 Å². The summed E-state index contributed by atoms with van der Waals surface area (Å²) in [5, 5.41) is 10.6. The Morgan fingerprint density at radius 2 is 0.490 bits per heavy atom. The second-order valence-electron chi connectivity index (χ2n) is 29.7. The van der Waals surface area contributed by atoms with Gasteiger partial charge in [-0.05, 0) is 49.4 Å². The molecule has 19 heteroatoms. The molecule has 0 saturated carbocycles. The van der Waals surface area contributed by atoms with E-state index in [1.54, 1.807) is 0 Å². The number of carbonyl (C=O) groups excluding carboxylic acids is 4. The van der Waals surface area contributed by atoms with E-state index in [2.05, 4.69) is 55.4 Å². The number of phosphoric ester groups is 2. The molecule has 5 unspecified atom stereocenters. The van der Waals surface area contributed by atoms with Crippen LogP contribution in [0.5, 0.6) is 0 Å². The van der Waals surface area contributed by atoms with Crippen molar-refractivity contribution in [1.29, 1.82) is 0 Å². The lowest BCUT2D eigenvalue weighted by atomic mass is 9.99. The molecule has 0 aromatic heterocycles. The molecule has 98 heavy (non-hydrogen) atoms. The van der Waals surface area contributed by atoms with Crippen LogP contribution in [0.15, 0.2) is 0 Å². The highest BCUT2D eigenvalue weighted by Crippen LogP contribution is 2.45. The Morgan fingerprint density at radius 1 is 0.286 bits per heavy atom. The third kappa shape index (κ3) is 68.5. The van der Waals surface area contributed by atoms with Gasteiger partial charge in [-0.2, -0.15) is 0 Å². The van der Waals surface area contributed by atoms with E-state index in [1.807, 2.05) is 0 Å². The van der Waals surface area contributed by atoms with Crippen LogP contribution < -0.4 is 0 Å². The van der Waals surface area contributed by atoms with Crippen LogP contribution in [0.2, 0.25) is 0 Å². The summed E-state index contributed by atoms with van der Waals surface area (Å²) in [6.45, 7) is 14.3. The molecule has 0 bridgehead atoms. The van der Waals surface area contributed by atoms with E-state index in [0.29, 0.717) is 25.7 Å². The summed E-state index contributed by atoms with van der Waals surface area (Å²) < 4.78 is 68.6. The van der Waals surface area contributed by atoms with Crippen molar-refractivity contribution in [3.63, 3.8) is 0 Å². The number of esters is 4. The van der Waals surface area contributed by atoms with Gasteiger partial charge in [0.15, 0.2) is 12.2 Å². The fourth-order valence-corrected chi connectivity index (χ4v) is 13.6. The zero-order valence-electron chi connectivity index (χ0n) is 64.4. The second kappa shape index (κ2) is 68.2. The molecule has 0 radical (unpaired) electrons. The molecule has 0 saturated heterocycles. The average Bonchev–Trinajstić information content (AvgIpc) is 0.988. The van der Waals surface area contributed by atoms with Gasteiger partial charge in [0.25, 0.3) is 0 Å². The summed E-state index contributed by atoms with van der Waals surface area (Å²) in [4.78, 5) is 72.9. The van der Waals surface area contributed by atoms with Crippen molar-refractivity contribution in [2.24, 2.45) is 23.7 Å². The zero-order chi connectivity index (χ0) is 72.4. The molecule has 8 atom stereocenters. The van der Waals surface area contributed by atoms with E-state index in [-0.39, 0.29) is 25.7 Å². The van der Waals surface area contributed by atoms with Gasteiger partial charge in [-0.1, -0.05) is 351 Å². The average molecular weight is 1440 g/mol. The highest BCUT2D eigenvalue weighted by molar-refractivity contribution is 7.47. The highest BCUT2D eigenvalue weighted by Gasteiger charge is 2.30. The van der Waals surface area contributed by atoms with Crippen LogP contribution in [-0.2, 0) is 65.4 Å². The standard InChI is InChI=1S/C79H154O17P2/c1-9-70(6)56-48-40-32-26-22-18-15-16-19-23-27-34-43-51-59-76(81)89-65-74(95-78(83)61-53-45-35-28-24-20-14-12-13-17-21-25-31-39-47-55-69(4)5)67-93-97(85,86)91-63-73(80)64-92-98(87,88)94-68-75(66-90-77(82)60-52-44-38-37-42-50-58-72(8)11-3)96-79(84)62-54-46-36-30-29-33-41-49-57-71(7)10-2/h69-75,80H,9-68H2,1-8H3,(H,85,86)(H,87,88)/t70?,71?,72?,73-,74-,75-/m1/s1. The third-order valence-corrected chi connectivity index (χ3v) is 21.3. The first-order valence-corrected chi connectivity index (χ1v) is 43.8. The van der Waals surface area contributed by atoms with Crippen LogP contribution in [0.25, 0.3) is 0 Å². The summed E-state index contributed by atoms with van der Waals surface area (Å²) in [5.74, 6) is 1.03. The molecule has 0 rings (SSSR count). The van der Waals surface area contributed by atoms with Crippen molar-refractivity contribution < 1.29 is 80.2 Å². The lowest BCUT2D eigenvalue weighted by molar-refractivity contribution is -0.161. The van der Waals surface area contributed by atoms with Crippen molar-refractivity contribution in [2.45, 2.75) is 420 Å². The number of unbranched alkanes of at least 4 members (excludes halogenated alkanes) is 39. The highest BCUT2D eigenvalue weighted by atomic mass is 31.2. The maximum Gasteiger partial charge on any atom is 0.472 e. The molecule has 17 nitrogen and oxygen atoms in total. The molecule has 0 aliphatic rings. The topological polar surface area (TPSA) is 237 Å². The Labute approximate surface area is 600 Å². The van der Waals surface area contributed by atoms with E-state index >= 15 is 0 Å². The number of aliphatic hydroxyl groups is 1. The molecule has 0 aromatic rings. The normalized spacial score (nSPS) is 14.9. The molecular weight excluding hydrogens is 1280 g/mol. The zero-order valence-corrected chi connectivity index (χ0v) is 66.2. The third-order valence-electron chi connectivity index (χ3n) is 19.4. The van der Waals surface area contributed by atoms with Crippen molar-refractivity contribution >= 4 is 39.5 Å². The van der Waals surface area contributed by atoms with Gasteiger partial charge in [-0.15, -0.1) is 0 Å². The van der Waals surface area contributed by atoms with Crippen molar-refractivity contribution in [3.05, 3.63) is 0 Å². The Balaban J connectivity index is 5.25. The molecule has 0 aromatic carbocycles. The smallest absolute Gasteiger partial charge is 0.462 e. The number of carbonyl (C=O) groups is 4. The van der Waals surface area contributed by atoms with Crippen LogP contribution >= 0.6 is 15.6 Å². The van der Waals surface area contributed by atoms with Gasteiger partial charge in [-0.3, -0.25) is 37.3 Å². The lowest BCUT2D eigenvalue weighted by Crippen LogP contribution is -2.30. The first kappa shape index (κ1) is 96.1. The molecular formula is C79H154O17P2. The number of hydrogen-bond donors (Lipinski definition) is 3. The molecule has 0 heterocycles. The quantitative estimate of drug-likeness (QED) is 0.0222. The van der Waals surface area contributed by atoms with E-state index in [4.69, 9.17) is 37.0 Å². The summed E-state index contributed by atoms with van der Waals surface area (Å²) in [6.07, 6.45) is 54.0. The van der Waals surface area contributed by atoms with Crippen LogP contribution in [0.1, 0.15) is 402 Å². The van der Waals surface area contributed by atoms with Gasteiger partial charge in [0.1, 0.15) is 19.3 Å². The molecule has 0 aliphatic heterocycles. The number of ether oxygens (including phenoxy) is 4. The Morgan fingerprint density at radius 3 is 0.724 bits per heavy atom. The van der Waals surface area contributed by atoms with Gasteiger partial charge < -0.3 is 33.8 Å². The second-order valence-corrected chi connectivity index (χ2v) is 32.6. The maximum atomic E-state index is 13.1. The van der Waals surface area contributed by atoms with Gasteiger partial charge >= 0.3 is 39.5 Å². The first-order chi connectivity index (χ1) is 47.2. The predicted octanol–water partition coefficient (Wildman–Crippen LogP) is 23.2. The number of aliphatic hydroxyl groups excluding tert-OH is 1. The SMILES string of the molecule is CCC(C)CCCCCCCCCCCCCCCCC(=O)OC[C@H](COP(=O)(O)OC[C@@H](O)COP(=O)(O)OC[C@@H](COC(=O)CCCCCCCCC(C)CC)OC(=O)CCCCCCCCCCC(C)CC)OC(=O)CCCCCCCCCCCCCCCCCC(C)C. The molecule has 0 fully saturated rings. The Bertz CT molecular complexity index is 1930. The van der Waals surface area contributed by atoms with Gasteiger partial charge in [0.05, 0.1) is 26.4 Å². The molecule has 0 spiro atoms. The molecule has 0 amide bonds. The van der Waals surface area contributed by atoms with Crippen LogP contribution in [-0.4, -0.2) is 96.7 Å². The summed E-state index contributed by atoms with van der Waals surface area (Å²) in [7, 11) is -9.92. The van der Waals surface area contributed by atoms with Gasteiger partial charge in [-0.25, -0.2) is 9.13 Å². The summed E-state index contributed by atoms with van der Waals surface area (Å²) >= 11 is 0. The number of hydrogen-bond acceptors (Lipinski definition) is 15. The number of phosphoric acid groups is 2. The van der Waals surface area contributed by atoms with Crippen molar-refractivity contribution in [2.75, 3.05) is 39.6 Å². The van der Waals surface area contributed by atoms with E-state index in [0.717, 1.165) is 120 Å². The molecule has 0 aliphatic carbocycles. The molecule has 3 N–H and O–H groups in total. The minimum atomic E-state index is -4.96. The lowest BCUT2D eigenvalue weighted by Gasteiger charge is -2.21. The summed E-state index contributed by atoms with van der Waals surface area (Å²) in [6, 6.07) is 0. The van der Waals surface area contributed by atoms with Crippen LogP contribution in [0, 0.1) is 23.7 Å². The largest absolute Gasteiger partial charge is 0.472 e. The van der Waals surface area contributed by atoms with Crippen LogP contribution in [0.4, 0.5) is 0 Å². The minimum Gasteiger partial charge on any atom is -0.462 e. The monoisotopic (exact) mass is 1440 g/mol. The Hall–Kier alpha value is -1.94.